The third-order valence-corrected chi connectivity index (χ3v) is 2.28. The van der Waals surface area contributed by atoms with Gasteiger partial charge in [-0.3, -0.25) is 0 Å². The molecule has 1 aromatic heterocycles. The van der Waals surface area contributed by atoms with E-state index in [0.29, 0.717) is 6.54 Å². The molecule has 0 unspecified atom stereocenters. The summed E-state index contributed by atoms with van der Waals surface area (Å²) >= 11 is 0. The first-order valence-electron chi connectivity index (χ1n) is 5.08. The van der Waals surface area contributed by atoms with Crippen LogP contribution in [-0.4, -0.2) is 19.3 Å². The summed E-state index contributed by atoms with van der Waals surface area (Å²) in [5.41, 5.74) is 1.81. The standard InChI is InChI=1S/C12H14N2O2/c1-13-8-11-7-12(14-16-11)9-4-3-5-10(6-9)15-2/h3-7,13H,8H2,1-2H3. The molecule has 0 amide bonds. The monoisotopic (exact) mass is 218 g/mol. The molecule has 0 spiro atoms. The molecule has 4 heteroatoms. The molecule has 0 bridgehead atoms. The van der Waals surface area contributed by atoms with Gasteiger partial charge in [-0.1, -0.05) is 17.3 Å². The van der Waals surface area contributed by atoms with Crippen LogP contribution in [0.4, 0.5) is 0 Å². The molecular weight excluding hydrogens is 204 g/mol. The van der Waals surface area contributed by atoms with E-state index in [4.69, 9.17) is 9.26 Å². The van der Waals surface area contributed by atoms with Crippen LogP contribution in [0.15, 0.2) is 34.9 Å². The topological polar surface area (TPSA) is 47.3 Å². The molecule has 1 N–H and O–H groups in total. The third-order valence-electron chi connectivity index (χ3n) is 2.28. The van der Waals surface area contributed by atoms with Crippen molar-refractivity contribution < 1.29 is 9.26 Å². The smallest absolute Gasteiger partial charge is 0.151 e. The highest BCUT2D eigenvalue weighted by atomic mass is 16.5. The molecule has 2 rings (SSSR count). The van der Waals surface area contributed by atoms with E-state index < -0.39 is 0 Å². The zero-order chi connectivity index (χ0) is 11.4. The van der Waals surface area contributed by atoms with Crippen LogP contribution in [0.2, 0.25) is 0 Å². The molecule has 0 aliphatic carbocycles. The van der Waals surface area contributed by atoms with Gasteiger partial charge in [-0.2, -0.15) is 0 Å². The van der Waals surface area contributed by atoms with Gasteiger partial charge < -0.3 is 14.6 Å². The van der Waals surface area contributed by atoms with Crippen molar-refractivity contribution in [3.63, 3.8) is 0 Å². The fourth-order valence-electron chi connectivity index (χ4n) is 1.49. The van der Waals surface area contributed by atoms with Crippen molar-refractivity contribution in [3.8, 4) is 17.0 Å². The fraction of sp³-hybridized carbons (Fsp3) is 0.250. The highest BCUT2D eigenvalue weighted by Gasteiger charge is 2.06. The summed E-state index contributed by atoms with van der Waals surface area (Å²) in [6.07, 6.45) is 0. The number of benzene rings is 1. The van der Waals surface area contributed by atoms with Crippen molar-refractivity contribution in [1.82, 2.24) is 10.5 Å². The first-order valence-corrected chi connectivity index (χ1v) is 5.08. The first kappa shape index (κ1) is 10.7. The van der Waals surface area contributed by atoms with E-state index in [9.17, 15) is 0 Å². The lowest BCUT2D eigenvalue weighted by molar-refractivity contribution is 0.379. The van der Waals surface area contributed by atoms with Crippen molar-refractivity contribution in [2.24, 2.45) is 0 Å². The molecule has 0 saturated heterocycles. The van der Waals surface area contributed by atoms with E-state index in [1.165, 1.54) is 0 Å². The minimum Gasteiger partial charge on any atom is -0.497 e. The zero-order valence-corrected chi connectivity index (χ0v) is 9.36. The second-order valence-electron chi connectivity index (χ2n) is 3.44. The first-order chi connectivity index (χ1) is 7.83. The minimum atomic E-state index is 0.678. The van der Waals surface area contributed by atoms with Crippen LogP contribution in [0.1, 0.15) is 5.76 Å². The van der Waals surface area contributed by atoms with Gasteiger partial charge in [0.25, 0.3) is 0 Å². The summed E-state index contributed by atoms with van der Waals surface area (Å²) in [6, 6.07) is 9.66. The zero-order valence-electron chi connectivity index (χ0n) is 9.36. The average Bonchev–Trinajstić information content (AvgIpc) is 2.78. The van der Waals surface area contributed by atoms with Crippen LogP contribution in [0.3, 0.4) is 0 Å². The summed E-state index contributed by atoms with van der Waals surface area (Å²) < 4.78 is 10.3. The molecule has 0 radical (unpaired) electrons. The van der Waals surface area contributed by atoms with Crippen LogP contribution in [0, 0.1) is 0 Å². The Morgan fingerprint density at radius 1 is 1.38 bits per heavy atom. The summed E-state index contributed by atoms with van der Waals surface area (Å²) in [4.78, 5) is 0. The Morgan fingerprint density at radius 2 is 2.25 bits per heavy atom. The predicted molar refractivity (Wildman–Crippen MR) is 61.3 cm³/mol. The fourth-order valence-corrected chi connectivity index (χ4v) is 1.49. The molecular formula is C12H14N2O2. The maximum atomic E-state index is 5.18. The highest BCUT2D eigenvalue weighted by molar-refractivity contribution is 5.60. The Morgan fingerprint density at radius 3 is 3.00 bits per heavy atom. The molecule has 0 fully saturated rings. The molecule has 1 aromatic carbocycles. The van der Waals surface area contributed by atoms with Crippen LogP contribution in [0.25, 0.3) is 11.3 Å². The normalized spacial score (nSPS) is 10.4. The minimum absolute atomic E-state index is 0.678. The van der Waals surface area contributed by atoms with Crippen molar-refractivity contribution >= 4 is 0 Å². The van der Waals surface area contributed by atoms with E-state index in [1.807, 2.05) is 37.4 Å². The van der Waals surface area contributed by atoms with Gasteiger partial charge in [0.05, 0.1) is 13.7 Å². The lowest BCUT2D eigenvalue weighted by Gasteiger charge is -2.00. The predicted octanol–water partition coefficient (Wildman–Crippen LogP) is 2.07. The lowest BCUT2D eigenvalue weighted by atomic mass is 10.1. The quantitative estimate of drug-likeness (QED) is 0.853. The lowest BCUT2D eigenvalue weighted by Crippen LogP contribution is -2.03. The van der Waals surface area contributed by atoms with Crippen LogP contribution in [-0.2, 0) is 6.54 Å². The van der Waals surface area contributed by atoms with Gasteiger partial charge >= 0.3 is 0 Å². The second kappa shape index (κ2) is 4.81. The molecule has 2 aromatic rings. The number of hydrogen-bond donors (Lipinski definition) is 1. The number of aromatic nitrogens is 1. The van der Waals surface area contributed by atoms with E-state index in [-0.39, 0.29) is 0 Å². The van der Waals surface area contributed by atoms with Gasteiger partial charge in [0.1, 0.15) is 11.4 Å². The summed E-state index contributed by atoms with van der Waals surface area (Å²) in [7, 11) is 3.52. The van der Waals surface area contributed by atoms with E-state index in [1.54, 1.807) is 7.11 Å². The highest BCUT2D eigenvalue weighted by Crippen LogP contribution is 2.23. The molecule has 16 heavy (non-hydrogen) atoms. The molecule has 0 atom stereocenters. The number of nitrogens with zero attached hydrogens (tertiary/aromatic N) is 1. The van der Waals surface area contributed by atoms with Crippen molar-refractivity contribution in [1.29, 1.82) is 0 Å². The van der Waals surface area contributed by atoms with Crippen LogP contribution >= 0.6 is 0 Å². The van der Waals surface area contributed by atoms with Crippen LogP contribution < -0.4 is 10.1 Å². The summed E-state index contributed by atoms with van der Waals surface area (Å²) in [6.45, 7) is 0.678. The van der Waals surface area contributed by atoms with Gasteiger partial charge in [-0.25, -0.2) is 0 Å². The number of ether oxygens (including phenoxy) is 1. The van der Waals surface area contributed by atoms with Crippen molar-refractivity contribution in [3.05, 3.63) is 36.1 Å². The molecule has 0 aliphatic rings. The second-order valence-corrected chi connectivity index (χ2v) is 3.44. The van der Waals surface area contributed by atoms with E-state index >= 15 is 0 Å². The maximum absolute atomic E-state index is 5.18. The van der Waals surface area contributed by atoms with Gasteiger partial charge in [-0.15, -0.1) is 0 Å². The maximum Gasteiger partial charge on any atom is 0.151 e. The van der Waals surface area contributed by atoms with E-state index in [2.05, 4.69) is 10.5 Å². The SMILES string of the molecule is CNCc1cc(-c2cccc(OC)c2)no1. The molecule has 1 heterocycles. The molecule has 4 nitrogen and oxygen atoms in total. The van der Waals surface area contributed by atoms with Gasteiger partial charge in [-0.05, 0) is 19.2 Å². The Labute approximate surface area is 94.2 Å². The Kier molecular flexibility index (Phi) is 3.22. The Hall–Kier alpha value is -1.81. The van der Waals surface area contributed by atoms with Gasteiger partial charge in [0.2, 0.25) is 0 Å². The van der Waals surface area contributed by atoms with Crippen molar-refractivity contribution in [2.45, 2.75) is 6.54 Å². The largest absolute Gasteiger partial charge is 0.497 e. The Balaban J connectivity index is 2.27. The number of nitrogens with one attached hydrogen (secondary N) is 1. The summed E-state index contributed by atoms with van der Waals surface area (Å²) in [5.74, 6) is 1.64. The Bertz CT molecular complexity index is 466. The molecule has 0 aliphatic heterocycles. The van der Waals surface area contributed by atoms with Gasteiger partial charge in [0, 0.05) is 11.6 Å². The molecule has 84 valence electrons. The number of hydrogen-bond acceptors (Lipinski definition) is 4. The van der Waals surface area contributed by atoms with Crippen LogP contribution in [0.5, 0.6) is 5.75 Å². The van der Waals surface area contributed by atoms with E-state index in [0.717, 1.165) is 22.8 Å². The van der Waals surface area contributed by atoms with Gasteiger partial charge in [0.15, 0.2) is 5.76 Å². The average molecular weight is 218 g/mol. The third kappa shape index (κ3) is 2.23. The molecule has 0 saturated carbocycles. The summed E-state index contributed by atoms with van der Waals surface area (Å²) in [5, 5.41) is 7.02. The number of methoxy groups -OCH3 is 1. The van der Waals surface area contributed by atoms with Crippen molar-refractivity contribution in [2.75, 3.05) is 14.2 Å². The number of rotatable bonds is 4.